The van der Waals surface area contributed by atoms with Crippen LogP contribution in [0, 0.1) is 13.8 Å². The summed E-state index contributed by atoms with van der Waals surface area (Å²) in [6.45, 7) is 6.97. The lowest BCUT2D eigenvalue weighted by Gasteiger charge is -2.35. The van der Waals surface area contributed by atoms with Crippen LogP contribution in [0.1, 0.15) is 23.6 Å². The Morgan fingerprint density at radius 3 is 2.28 bits per heavy atom. The van der Waals surface area contributed by atoms with Gasteiger partial charge in [-0.1, -0.05) is 42.5 Å². The summed E-state index contributed by atoms with van der Waals surface area (Å²) >= 11 is 0. The molecule has 32 heavy (non-hydrogen) atoms. The minimum absolute atomic E-state index is 0.129. The van der Waals surface area contributed by atoms with E-state index in [1.54, 1.807) is 19.9 Å². The Morgan fingerprint density at radius 1 is 0.969 bits per heavy atom. The number of rotatable bonds is 5. The number of nitrogens with zero attached hydrogens (tertiary/aromatic N) is 3. The SMILES string of the molecule is Cc1ccc(C)c(S(=O)(=O)N2CCN(CN3C(=O)NC(C)(c4ccccc4)C3=O)CC2)c1. The van der Waals surface area contributed by atoms with Gasteiger partial charge < -0.3 is 5.32 Å². The molecule has 0 aliphatic carbocycles. The van der Waals surface area contributed by atoms with Crippen LogP contribution in [-0.2, 0) is 20.4 Å². The number of carbonyl (C=O) groups is 2. The first-order valence-electron chi connectivity index (χ1n) is 10.6. The second-order valence-corrected chi connectivity index (χ2v) is 10.5. The van der Waals surface area contributed by atoms with Gasteiger partial charge in [0.05, 0.1) is 11.6 Å². The summed E-state index contributed by atoms with van der Waals surface area (Å²) in [5, 5.41) is 2.81. The van der Waals surface area contributed by atoms with Crippen LogP contribution in [-0.4, -0.2) is 67.3 Å². The number of aryl methyl sites for hydroxylation is 2. The molecule has 2 aliphatic heterocycles. The molecule has 0 saturated carbocycles. The number of nitrogens with one attached hydrogen (secondary N) is 1. The topological polar surface area (TPSA) is 90.0 Å². The summed E-state index contributed by atoms with van der Waals surface area (Å²) in [4.78, 5) is 29.2. The van der Waals surface area contributed by atoms with Gasteiger partial charge in [-0.05, 0) is 43.5 Å². The summed E-state index contributed by atoms with van der Waals surface area (Å²) in [6, 6.07) is 14.1. The summed E-state index contributed by atoms with van der Waals surface area (Å²) in [6.07, 6.45) is 0. The highest BCUT2D eigenvalue weighted by Crippen LogP contribution is 2.29. The number of piperazine rings is 1. The number of hydrogen-bond donors (Lipinski definition) is 1. The molecule has 9 heteroatoms. The van der Waals surface area contributed by atoms with E-state index in [0.717, 1.165) is 16.7 Å². The maximum Gasteiger partial charge on any atom is 0.326 e. The Hall–Kier alpha value is -2.75. The molecule has 0 bridgehead atoms. The van der Waals surface area contributed by atoms with Crippen LogP contribution in [0.15, 0.2) is 53.4 Å². The van der Waals surface area contributed by atoms with Gasteiger partial charge in [-0.25, -0.2) is 18.1 Å². The van der Waals surface area contributed by atoms with E-state index in [1.165, 1.54) is 9.21 Å². The molecule has 2 fully saturated rings. The largest absolute Gasteiger partial charge is 0.326 e. The molecule has 0 aromatic heterocycles. The minimum Gasteiger partial charge on any atom is -0.319 e. The van der Waals surface area contributed by atoms with Gasteiger partial charge in [0, 0.05) is 26.2 Å². The zero-order valence-electron chi connectivity index (χ0n) is 18.5. The number of hydrogen-bond acceptors (Lipinski definition) is 5. The predicted molar refractivity (Wildman–Crippen MR) is 120 cm³/mol. The standard InChI is InChI=1S/C23H28N4O4S/c1-17-9-10-18(2)20(15-17)32(30,31)26-13-11-25(12-14-26)16-27-21(28)23(3,24-22(27)29)19-7-5-4-6-8-19/h4-10,15H,11-14,16H2,1-3H3,(H,24,29). The van der Waals surface area contributed by atoms with Crippen LogP contribution in [0.3, 0.4) is 0 Å². The minimum atomic E-state index is -3.60. The Kier molecular flexibility index (Phi) is 5.83. The molecule has 2 aliphatic rings. The molecule has 2 aromatic rings. The Balaban J connectivity index is 1.43. The third-order valence-electron chi connectivity index (χ3n) is 6.26. The van der Waals surface area contributed by atoms with Gasteiger partial charge in [0.15, 0.2) is 0 Å². The highest BCUT2D eigenvalue weighted by atomic mass is 32.2. The number of imide groups is 1. The lowest BCUT2D eigenvalue weighted by molar-refractivity contribution is -0.132. The fourth-order valence-electron chi connectivity index (χ4n) is 4.23. The van der Waals surface area contributed by atoms with Crippen molar-refractivity contribution >= 4 is 22.0 Å². The molecule has 0 radical (unpaired) electrons. The Morgan fingerprint density at radius 2 is 1.62 bits per heavy atom. The van der Waals surface area contributed by atoms with Crippen LogP contribution < -0.4 is 5.32 Å². The van der Waals surface area contributed by atoms with E-state index in [9.17, 15) is 18.0 Å². The van der Waals surface area contributed by atoms with Crippen molar-refractivity contribution in [2.45, 2.75) is 31.2 Å². The second kappa shape index (κ2) is 8.31. The van der Waals surface area contributed by atoms with Crippen molar-refractivity contribution in [2.75, 3.05) is 32.8 Å². The quantitative estimate of drug-likeness (QED) is 0.696. The Labute approximate surface area is 188 Å². The van der Waals surface area contributed by atoms with Crippen LogP contribution in [0.25, 0.3) is 0 Å². The monoisotopic (exact) mass is 456 g/mol. The lowest BCUT2D eigenvalue weighted by Crippen LogP contribution is -2.52. The number of sulfonamides is 1. The van der Waals surface area contributed by atoms with Crippen LogP contribution in [0.5, 0.6) is 0 Å². The van der Waals surface area contributed by atoms with Crippen molar-refractivity contribution in [1.82, 2.24) is 19.4 Å². The van der Waals surface area contributed by atoms with Crippen LogP contribution in [0.4, 0.5) is 4.79 Å². The molecule has 4 rings (SSSR count). The van der Waals surface area contributed by atoms with Crippen LogP contribution >= 0.6 is 0 Å². The molecule has 3 amide bonds. The van der Waals surface area contributed by atoms with Crippen molar-refractivity contribution in [1.29, 1.82) is 0 Å². The number of urea groups is 1. The Bertz CT molecular complexity index is 1140. The van der Waals surface area contributed by atoms with Gasteiger partial charge in [0.2, 0.25) is 10.0 Å². The van der Waals surface area contributed by atoms with Gasteiger partial charge >= 0.3 is 6.03 Å². The van der Waals surface area contributed by atoms with E-state index in [-0.39, 0.29) is 12.6 Å². The van der Waals surface area contributed by atoms with Crippen LogP contribution in [0.2, 0.25) is 0 Å². The maximum absolute atomic E-state index is 13.1. The third kappa shape index (κ3) is 3.92. The van der Waals surface area contributed by atoms with Gasteiger partial charge in [0.25, 0.3) is 5.91 Å². The van der Waals surface area contributed by atoms with E-state index in [2.05, 4.69) is 5.32 Å². The first kappa shape index (κ1) is 22.4. The first-order valence-corrected chi connectivity index (χ1v) is 12.1. The molecule has 170 valence electrons. The fraction of sp³-hybridized carbons (Fsp3) is 0.391. The van der Waals surface area contributed by atoms with Crippen molar-refractivity contribution in [3.63, 3.8) is 0 Å². The molecule has 8 nitrogen and oxygen atoms in total. The van der Waals surface area contributed by atoms with E-state index >= 15 is 0 Å². The van der Waals surface area contributed by atoms with E-state index in [4.69, 9.17) is 0 Å². The normalized spacial score (nSPS) is 22.9. The number of amides is 3. The van der Waals surface area contributed by atoms with Gasteiger partial charge in [-0.3, -0.25) is 9.69 Å². The fourth-order valence-corrected chi connectivity index (χ4v) is 5.96. The highest BCUT2D eigenvalue weighted by Gasteiger charge is 2.49. The van der Waals surface area contributed by atoms with Crippen molar-refractivity contribution in [3.05, 3.63) is 65.2 Å². The van der Waals surface area contributed by atoms with E-state index in [0.29, 0.717) is 31.1 Å². The molecular formula is C23H28N4O4S. The second-order valence-electron chi connectivity index (χ2n) is 8.59. The molecule has 2 aromatic carbocycles. The molecule has 1 atom stereocenters. The summed E-state index contributed by atoms with van der Waals surface area (Å²) in [5.74, 6) is -0.306. The number of carbonyl (C=O) groups excluding carboxylic acids is 2. The molecule has 1 N–H and O–H groups in total. The third-order valence-corrected chi connectivity index (χ3v) is 8.30. The van der Waals surface area contributed by atoms with Gasteiger partial charge in [-0.15, -0.1) is 0 Å². The molecule has 0 spiro atoms. The van der Waals surface area contributed by atoms with E-state index < -0.39 is 21.6 Å². The highest BCUT2D eigenvalue weighted by molar-refractivity contribution is 7.89. The molecule has 1 unspecified atom stereocenters. The van der Waals surface area contributed by atoms with Gasteiger partial charge in [-0.2, -0.15) is 4.31 Å². The first-order chi connectivity index (χ1) is 15.1. The molecular weight excluding hydrogens is 428 g/mol. The summed E-state index contributed by atoms with van der Waals surface area (Å²) in [7, 11) is -3.60. The summed E-state index contributed by atoms with van der Waals surface area (Å²) < 4.78 is 27.8. The average Bonchev–Trinajstić information content (AvgIpc) is 3.00. The average molecular weight is 457 g/mol. The lowest BCUT2D eigenvalue weighted by atomic mass is 9.92. The van der Waals surface area contributed by atoms with Gasteiger partial charge in [0.1, 0.15) is 5.54 Å². The zero-order valence-corrected chi connectivity index (χ0v) is 19.4. The van der Waals surface area contributed by atoms with E-state index in [1.807, 2.05) is 54.3 Å². The van der Waals surface area contributed by atoms with Crippen molar-refractivity contribution < 1.29 is 18.0 Å². The maximum atomic E-state index is 13.1. The van der Waals surface area contributed by atoms with Crippen molar-refractivity contribution in [3.8, 4) is 0 Å². The van der Waals surface area contributed by atoms with Crippen molar-refractivity contribution in [2.24, 2.45) is 0 Å². The zero-order chi connectivity index (χ0) is 23.1. The molecule has 2 saturated heterocycles. The predicted octanol–water partition coefficient (Wildman–Crippen LogP) is 2.03. The number of benzene rings is 2. The smallest absolute Gasteiger partial charge is 0.319 e. The summed E-state index contributed by atoms with van der Waals surface area (Å²) in [5.41, 5.74) is 1.24. The molecule has 2 heterocycles.